The molecule has 0 saturated carbocycles. The average molecular weight is 192 g/mol. The molecule has 0 bridgehead atoms. The summed E-state index contributed by atoms with van der Waals surface area (Å²) in [6, 6.07) is 0. The summed E-state index contributed by atoms with van der Waals surface area (Å²) in [6.07, 6.45) is 10.4. The third kappa shape index (κ3) is 3.71. The topological polar surface area (TPSA) is 26.3 Å². The maximum Gasteiger partial charge on any atom is 0.158 e. The Kier molecular flexibility index (Phi) is 4.94. The molecule has 14 heavy (non-hydrogen) atoms. The maximum absolute atomic E-state index is 11.6. The van der Waals surface area contributed by atoms with E-state index >= 15 is 0 Å². The highest BCUT2D eigenvalue weighted by Gasteiger charge is 2.18. The Morgan fingerprint density at radius 1 is 1.21 bits per heavy atom. The van der Waals surface area contributed by atoms with Crippen LogP contribution in [0.4, 0.5) is 0 Å². The number of rotatable bonds is 4. The molecule has 0 aromatic carbocycles. The van der Waals surface area contributed by atoms with E-state index in [1.54, 1.807) is 24.3 Å². The Morgan fingerprint density at radius 3 is 2.57 bits per heavy atom. The van der Waals surface area contributed by atoms with E-state index in [9.17, 15) is 4.79 Å². The predicted molar refractivity (Wildman–Crippen MR) is 57.0 cm³/mol. The smallest absolute Gasteiger partial charge is 0.158 e. The number of hydrogen-bond acceptors (Lipinski definition) is 2. The normalized spacial score (nSPS) is 19.1. The van der Waals surface area contributed by atoms with E-state index in [1.807, 2.05) is 6.08 Å². The first kappa shape index (κ1) is 10.9. The highest BCUT2D eigenvalue weighted by Crippen LogP contribution is 2.15. The average Bonchev–Trinajstić information content (AvgIpc) is 2.25. The summed E-state index contributed by atoms with van der Waals surface area (Å²) >= 11 is 0. The second-order valence-corrected chi connectivity index (χ2v) is 3.27. The van der Waals surface area contributed by atoms with Crippen LogP contribution in [0.25, 0.3) is 0 Å². The maximum atomic E-state index is 11.6. The molecule has 1 aliphatic rings. The number of ketones is 1. The lowest BCUT2D eigenvalue weighted by Crippen LogP contribution is -2.21. The molecule has 1 aliphatic heterocycles. The van der Waals surface area contributed by atoms with Crippen LogP contribution in [-0.4, -0.2) is 19.0 Å². The highest BCUT2D eigenvalue weighted by molar-refractivity contribution is 5.91. The van der Waals surface area contributed by atoms with Gasteiger partial charge in [0.05, 0.1) is 0 Å². The minimum atomic E-state index is 0.164. The standard InChI is InChI=1S/C12H16O2/c1-2-3-4-5-6-12(13)11-7-9-14-10-8-11/h2-6,11H,1,7-10H2. The van der Waals surface area contributed by atoms with Crippen molar-refractivity contribution in [1.29, 1.82) is 0 Å². The largest absolute Gasteiger partial charge is 0.381 e. The third-order valence-corrected chi connectivity index (χ3v) is 2.24. The van der Waals surface area contributed by atoms with Crippen molar-refractivity contribution < 1.29 is 9.53 Å². The van der Waals surface area contributed by atoms with Crippen molar-refractivity contribution in [1.82, 2.24) is 0 Å². The zero-order chi connectivity index (χ0) is 10.2. The van der Waals surface area contributed by atoms with Crippen LogP contribution in [0.1, 0.15) is 12.8 Å². The Balaban J connectivity index is 2.36. The minimum Gasteiger partial charge on any atom is -0.381 e. The van der Waals surface area contributed by atoms with Gasteiger partial charge in [0, 0.05) is 19.1 Å². The molecule has 0 spiro atoms. The van der Waals surface area contributed by atoms with Gasteiger partial charge in [-0.1, -0.05) is 30.9 Å². The summed E-state index contributed by atoms with van der Waals surface area (Å²) in [5, 5.41) is 0. The van der Waals surface area contributed by atoms with Crippen LogP contribution >= 0.6 is 0 Å². The van der Waals surface area contributed by atoms with Gasteiger partial charge in [-0.2, -0.15) is 0 Å². The molecule has 0 aromatic heterocycles. The van der Waals surface area contributed by atoms with Crippen molar-refractivity contribution in [2.75, 3.05) is 13.2 Å². The third-order valence-electron chi connectivity index (χ3n) is 2.24. The van der Waals surface area contributed by atoms with Crippen molar-refractivity contribution in [2.45, 2.75) is 12.8 Å². The zero-order valence-corrected chi connectivity index (χ0v) is 8.32. The summed E-state index contributed by atoms with van der Waals surface area (Å²) in [6.45, 7) is 4.98. The van der Waals surface area contributed by atoms with Crippen LogP contribution in [0.3, 0.4) is 0 Å². The summed E-state index contributed by atoms with van der Waals surface area (Å²) in [7, 11) is 0. The van der Waals surface area contributed by atoms with E-state index in [1.165, 1.54) is 0 Å². The second kappa shape index (κ2) is 6.33. The first-order chi connectivity index (χ1) is 6.84. The van der Waals surface area contributed by atoms with Gasteiger partial charge in [0.15, 0.2) is 5.78 Å². The monoisotopic (exact) mass is 192 g/mol. The summed E-state index contributed by atoms with van der Waals surface area (Å²) in [5.74, 6) is 0.374. The number of carbonyl (C=O) groups is 1. The molecule has 1 rings (SSSR count). The van der Waals surface area contributed by atoms with Crippen molar-refractivity contribution in [3.63, 3.8) is 0 Å². The summed E-state index contributed by atoms with van der Waals surface area (Å²) < 4.78 is 5.19. The molecule has 0 atom stereocenters. The van der Waals surface area contributed by atoms with Crippen molar-refractivity contribution in [3.05, 3.63) is 37.0 Å². The molecule has 76 valence electrons. The molecule has 0 unspecified atom stereocenters. The Hall–Kier alpha value is -1.15. The van der Waals surface area contributed by atoms with E-state index in [0.717, 1.165) is 12.8 Å². The van der Waals surface area contributed by atoms with Crippen molar-refractivity contribution in [3.8, 4) is 0 Å². The first-order valence-electron chi connectivity index (χ1n) is 4.92. The fraction of sp³-hybridized carbons (Fsp3) is 0.417. The van der Waals surface area contributed by atoms with Gasteiger partial charge < -0.3 is 4.74 Å². The molecule has 0 amide bonds. The van der Waals surface area contributed by atoms with Crippen molar-refractivity contribution in [2.24, 2.45) is 5.92 Å². The lowest BCUT2D eigenvalue weighted by molar-refractivity contribution is -0.120. The van der Waals surface area contributed by atoms with E-state index < -0.39 is 0 Å². The van der Waals surface area contributed by atoms with E-state index in [2.05, 4.69) is 6.58 Å². The quantitative estimate of drug-likeness (QED) is 0.504. The van der Waals surface area contributed by atoms with Gasteiger partial charge in [-0.05, 0) is 18.9 Å². The lowest BCUT2D eigenvalue weighted by atomic mass is 9.95. The molecule has 1 heterocycles. The number of hydrogen-bond donors (Lipinski definition) is 0. The van der Waals surface area contributed by atoms with Crippen molar-refractivity contribution >= 4 is 5.78 Å². The van der Waals surface area contributed by atoms with Crippen LogP contribution in [0.15, 0.2) is 37.0 Å². The molecule has 2 heteroatoms. The van der Waals surface area contributed by atoms with Gasteiger partial charge >= 0.3 is 0 Å². The molecule has 0 radical (unpaired) electrons. The van der Waals surface area contributed by atoms with Gasteiger partial charge in [0.1, 0.15) is 0 Å². The Labute approximate surface area is 85.0 Å². The van der Waals surface area contributed by atoms with Crippen LogP contribution < -0.4 is 0 Å². The SMILES string of the molecule is C=CC=CC=CC(=O)C1CCOCC1. The molecule has 1 fully saturated rings. The number of carbonyl (C=O) groups excluding carboxylic acids is 1. The molecule has 0 N–H and O–H groups in total. The van der Waals surface area contributed by atoms with Gasteiger partial charge in [0.2, 0.25) is 0 Å². The van der Waals surface area contributed by atoms with Gasteiger partial charge in [0.25, 0.3) is 0 Å². The second-order valence-electron chi connectivity index (χ2n) is 3.27. The molecule has 2 nitrogen and oxygen atoms in total. The number of ether oxygens (including phenoxy) is 1. The van der Waals surface area contributed by atoms with E-state index in [4.69, 9.17) is 4.74 Å². The minimum absolute atomic E-state index is 0.164. The first-order valence-corrected chi connectivity index (χ1v) is 4.92. The highest BCUT2D eigenvalue weighted by atomic mass is 16.5. The van der Waals surface area contributed by atoms with Crippen LogP contribution in [0.2, 0.25) is 0 Å². The Bertz CT molecular complexity index is 245. The van der Waals surface area contributed by atoms with E-state index in [-0.39, 0.29) is 11.7 Å². The predicted octanol–water partition coefficient (Wildman–Crippen LogP) is 2.28. The van der Waals surface area contributed by atoms with Crippen LogP contribution in [0.5, 0.6) is 0 Å². The Morgan fingerprint density at radius 2 is 1.93 bits per heavy atom. The van der Waals surface area contributed by atoms with E-state index in [0.29, 0.717) is 13.2 Å². The zero-order valence-electron chi connectivity index (χ0n) is 8.32. The molecule has 1 saturated heterocycles. The molecule has 0 aromatic rings. The molecule has 0 aliphatic carbocycles. The van der Waals surface area contributed by atoms with Crippen LogP contribution in [-0.2, 0) is 9.53 Å². The van der Waals surface area contributed by atoms with Crippen LogP contribution in [0, 0.1) is 5.92 Å². The fourth-order valence-corrected chi connectivity index (χ4v) is 1.41. The van der Waals surface area contributed by atoms with Gasteiger partial charge in [-0.25, -0.2) is 0 Å². The fourth-order valence-electron chi connectivity index (χ4n) is 1.41. The summed E-state index contributed by atoms with van der Waals surface area (Å²) in [4.78, 5) is 11.6. The molecular formula is C12H16O2. The van der Waals surface area contributed by atoms with Gasteiger partial charge in [-0.3, -0.25) is 4.79 Å². The lowest BCUT2D eigenvalue weighted by Gasteiger charge is -2.19. The molecular weight excluding hydrogens is 176 g/mol. The van der Waals surface area contributed by atoms with Gasteiger partial charge in [-0.15, -0.1) is 0 Å². The number of allylic oxidation sites excluding steroid dienone is 5. The summed E-state index contributed by atoms with van der Waals surface area (Å²) in [5.41, 5.74) is 0.